The molecule has 0 saturated carbocycles. The van der Waals surface area contributed by atoms with Crippen molar-refractivity contribution < 1.29 is 27.4 Å². The average Bonchev–Trinajstić information content (AvgIpc) is 2.98. The van der Waals surface area contributed by atoms with Crippen molar-refractivity contribution in [2.45, 2.75) is 46.1 Å². The average molecular weight is 475 g/mol. The van der Waals surface area contributed by atoms with E-state index in [4.69, 9.17) is 27.9 Å². The largest absolute Gasteiger partial charge is 0.573 e. The third-order valence-corrected chi connectivity index (χ3v) is 5.07. The summed E-state index contributed by atoms with van der Waals surface area (Å²) in [5.74, 6) is -0.956. The zero-order valence-electron chi connectivity index (χ0n) is 17.1. The number of carbonyl (C=O) groups excluding carboxylic acids is 1. The van der Waals surface area contributed by atoms with Crippen molar-refractivity contribution in [1.82, 2.24) is 9.97 Å². The van der Waals surface area contributed by atoms with Crippen LogP contribution in [0.1, 0.15) is 47.8 Å². The van der Waals surface area contributed by atoms with Crippen LogP contribution in [-0.2, 0) is 11.2 Å². The Hall–Kier alpha value is -2.45. The SMILES string of the molecule is Cc1cc(OC(F)(F)F)cc2[nH]cc(Cc3c(Cl)ncc(C(=O)OC(C)(C)C)c3Cl)c12. The molecule has 0 spiro atoms. The molecule has 0 aliphatic carbocycles. The Bertz CT molecular complexity index is 1150. The Morgan fingerprint density at radius 3 is 2.48 bits per heavy atom. The van der Waals surface area contributed by atoms with E-state index in [0.717, 1.165) is 5.56 Å². The van der Waals surface area contributed by atoms with Gasteiger partial charge >= 0.3 is 12.3 Å². The molecule has 3 rings (SSSR count). The molecule has 0 saturated heterocycles. The zero-order chi connectivity index (χ0) is 23.1. The van der Waals surface area contributed by atoms with Crippen molar-refractivity contribution in [2.24, 2.45) is 0 Å². The molecule has 2 aromatic heterocycles. The summed E-state index contributed by atoms with van der Waals surface area (Å²) >= 11 is 12.7. The van der Waals surface area contributed by atoms with Gasteiger partial charge in [-0.25, -0.2) is 9.78 Å². The van der Waals surface area contributed by atoms with Crippen LogP contribution in [0.15, 0.2) is 24.5 Å². The number of aryl methyl sites for hydroxylation is 1. The van der Waals surface area contributed by atoms with E-state index in [1.165, 1.54) is 18.3 Å². The van der Waals surface area contributed by atoms with E-state index >= 15 is 0 Å². The number of hydrogen-bond donors (Lipinski definition) is 1. The summed E-state index contributed by atoms with van der Waals surface area (Å²) in [6.07, 6.45) is -1.70. The van der Waals surface area contributed by atoms with Crippen molar-refractivity contribution >= 4 is 40.1 Å². The molecule has 10 heteroatoms. The minimum atomic E-state index is -4.79. The fourth-order valence-corrected chi connectivity index (χ4v) is 3.73. The fraction of sp³-hybridized carbons (Fsp3) is 0.333. The summed E-state index contributed by atoms with van der Waals surface area (Å²) < 4.78 is 47.0. The Labute approximate surface area is 186 Å². The molecule has 0 fully saturated rings. The van der Waals surface area contributed by atoms with Crippen molar-refractivity contribution in [3.8, 4) is 5.75 Å². The number of hydrogen-bond acceptors (Lipinski definition) is 4. The maximum absolute atomic E-state index is 12.6. The second kappa shape index (κ2) is 8.24. The van der Waals surface area contributed by atoms with Crippen LogP contribution in [0.4, 0.5) is 13.2 Å². The van der Waals surface area contributed by atoms with Gasteiger partial charge in [-0.1, -0.05) is 23.2 Å². The number of halogens is 5. The molecule has 1 aromatic carbocycles. The number of H-pyrrole nitrogens is 1. The van der Waals surface area contributed by atoms with Crippen molar-refractivity contribution in [3.05, 3.63) is 57.0 Å². The first-order valence-electron chi connectivity index (χ1n) is 9.18. The third-order valence-electron chi connectivity index (χ3n) is 4.31. The van der Waals surface area contributed by atoms with Crippen LogP contribution in [0.5, 0.6) is 5.75 Å². The summed E-state index contributed by atoms with van der Waals surface area (Å²) in [5, 5.41) is 0.920. The van der Waals surface area contributed by atoms with Crippen LogP contribution in [0.3, 0.4) is 0 Å². The molecule has 0 radical (unpaired) electrons. The number of pyridine rings is 1. The normalized spacial score (nSPS) is 12.3. The Morgan fingerprint density at radius 2 is 1.87 bits per heavy atom. The number of nitrogens with zero attached hydrogens (tertiary/aromatic N) is 1. The summed E-state index contributed by atoms with van der Waals surface area (Å²) in [7, 11) is 0. The van der Waals surface area contributed by atoms with E-state index in [9.17, 15) is 18.0 Å². The molecule has 31 heavy (non-hydrogen) atoms. The van der Waals surface area contributed by atoms with Gasteiger partial charge in [0.2, 0.25) is 0 Å². The van der Waals surface area contributed by atoms with Gasteiger partial charge < -0.3 is 14.5 Å². The lowest BCUT2D eigenvalue weighted by Gasteiger charge is -2.20. The molecule has 0 atom stereocenters. The number of alkyl halides is 3. The van der Waals surface area contributed by atoms with Crippen molar-refractivity contribution in [2.75, 3.05) is 0 Å². The van der Waals surface area contributed by atoms with Crippen molar-refractivity contribution in [1.29, 1.82) is 0 Å². The van der Waals surface area contributed by atoms with Gasteiger partial charge in [0.15, 0.2) is 0 Å². The number of nitrogens with one attached hydrogen (secondary N) is 1. The molecule has 0 bridgehead atoms. The van der Waals surface area contributed by atoms with E-state index < -0.39 is 17.9 Å². The van der Waals surface area contributed by atoms with E-state index in [0.29, 0.717) is 22.0 Å². The second-order valence-electron chi connectivity index (χ2n) is 7.96. The first-order chi connectivity index (χ1) is 14.2. The molecule has 3 aromatic rings. The number of carbonyl (C=O) groups is 1. The molecule has 2 heterocycles. The number of rotatable bonds is 4. The minimum absolute atomic E-state index is 0.0772. The number of fused-ring (bicyclic) bond motifs is 1. The van der Waals surface area contributed by atoms with Gasteiger partial charge in [-0.2, -0.15) is 0 Å². The Balaban J connectivity index is 1.99. The molecular formula is C21H19Cl2F3N2O3. The number of esters is 1. The quantitative estimate of drug-likeness (QED) is 0.340. The highest BCUT2D eigenvalue weighted by atomic mass is 35.5. The number of aromatic amines is 1. The first-order valence-corrected chi connectivity index (χ1v) is 9.93. The molecule has 0 amide bonds. The second-order valence-corrected chi connectivity index (χ2v) is 8.69. The topological polar surface area (TPSA) is 64.2 Å². The van der Waals surface area contributed by atoms with Gasteiger partial charge in [0, 0.05) is 41.3 Å². The lowest BCUT2D eigenvalue weighted by molar-refractivity contribution is -0.274. The molecular weight excluding hydrogens is 456 g/mol. The number of aromatic nitrogens is 2. The first kappa shape index (κ1) is 23.2. The van der Waals surface area contributed by atoms with E-state index in [-0.39, 0.29) is 27.9 Å². The lowest BCUT2D eigenvalue weighted by atomic mass is 10.0. The summed E-state index contributed by atoms with van der Waals surface area (Å²) in [4.78, 5) is 19.5. The van der Waals surface area contributed by atoms with Gasteiger partial charge in [0.1, 0.15) is 16.5 Å². The van der Waals surface area contributed by atoms with Crippen LogP contribution >= 0.6 is 23.2 Å². The van der Waals surface area contributed by atoms with Gasteiger partial charge in [-0.15, -0.1) is 13.2 Å². The van der Waals surface area contributed by atoms with E-state index in [1.807, 2.05) is 0 Å². The van der Waals surface area contributed by atoms with Crippen LogP contribution < -0.4 is 4.74 Å². The maximum Gasteiger partial charge on any atom is 0.573 e. The molecule has 166 valence electrons. The highest BCUT2D eigenvalue weighted by molar-refractivity contribution is 6.37. The maximum atomic E-state index is 12.6. The Kier molecular flexibility index (Phi) is 6.17. The van der Waals surface area contributed by atoms with Gasteiger partial charge in [0.25, 0.3) is 0 Å². The van der Waals surface area contributed by atoms with Gasteiger partial charge in [0.05, 0.1) is 10.6 Å². The predicted molar refractivity (Wildman–Crippen MR) is 112 cm³/mol. The van der Waals surface area contributed by atoms with Crippen LogP contribution in [-0.4, -0.2) is 27.9 Å². The highest BCUT2D eigenvalue weighted by Crippen LogP contribution is 2.35. The van der Waals surface area contributed by atoms with E-state index in [2.05, 4.69) is 14.7 Å². The molecule has 5 nitrogen and oxygen atoms in total. The summed E-state index contributed by atoms with van der Waals surface area (Å²) in [6.45, 7) is 6.86. The number of ether oxygens (including phenoxy) is 2. The highest BCUT2D eigenvalue weighted by Gasteiger charge is 2.31. The molecule has 1 N–H and O–H groups in total. The molecule has 0 unspecified atom stereocenters. The van der Waals surface area contributed by atoms with Crippen LogP contribution in [0.2, 0.25) is 10.2 Å². The minimum Gasteiger partial charge on any atom is -0.456 e. The summed E-state index contributed by atoms with van der Waals surface area (Å²) in [6, 6.07) is 2.56. The lowest BCUT2D eigenvalue weighted by Crippen LogP contribution is -2.24. The van der Waals surface area contributed by atoms with Crippen LogP contribution in [0, 0.1) is 6.92 Å². The summed E-state index contributed by atoms with van der Waals surface area (Å²) in [5.41, 5.74) is 1.51. The number of benzene rings is 1. The third kappa shape index (κ3) is 5.43. The molecule has 0 aliphatic heterocycles. The predicted octanol–water partition coefficient (Wildman–Crippen LogP) is 6.62. The standard InChI is InChI=1S/C21H19Cl2F3N2O3/c1-10-5-12(30-21(24,25)26)7-15-16(10)11(8-27-15)6-13-17(22)14(9-28-18(13)23)19(29)31-20(2,3)4/h5,7-9,27H,6H2,1-4H3. The Morgan fingerprint density at radius 1 is 1.19 bits per heavy atom. The molecule has 0 aliphatic rings. The van der Waals surface area contributed by atoms with Crippen molar-refractivity contribution in [3.63, 3.8) is 0 Å². The van der Waals surface area contributed by atoms with E-state index in [1.54, 1.807) is 33.9 Å². The van der Waals surface area contributed by atoms with Crippen LogP contribution in [0.25, 0.3) is 10.9 Å². The fourth-order valence-electron chi connectivity index (χ4n) is 3.19. The zero-order valence-corrected chi connectivity index (χ0v) is 18.6. The smallest absolute Gasteiger partial charge is 0.456 e. The monoisotopic (exact) mass is 474 g/mol. The van der Waals surface area contributed by atoms with Gasteiger partial charge in [-0.3, -0.25) is 0 Å². The van der Waals surface area contributed by atoms with Gasteiger partial charge in [-0.05, 0) is 44.9 Å².